The van der Waals surface area contributed by atoms with E-state index >= 15 is 0 Å². The molecule has 4 nitrogen and oxygen atoms in total. The van der Waals surface area contributed by atoms with E-state index in [9.17, 15) is 10.1 Å². The van der Waals surface area contributed by atoms with Crippen LogP contribution in [0.5, 0.6) is 0 Å². The van der Waals surface area contributed by atoms with Crippen molar-refractivity contribution >= 4 is 5.69 Å². The van der Waals surface area contributed by atoms with Gasteiger partial charge in [-0.25, -0.2) is 0 Å². The van der Waals surface area contributed by atoms with Crippen LogP contribution < -0.4 is 5.73 Å². The maximum Gasteiger partial charge on any atom is 0.269 e. The van der Waals surface area contributed by atoms with Crippen molar-refractivity contribution in [2.75, 3.05) is 0 Å². The van der Waals surface area contributed by atoms with E-state index in [1.807, 2.05) is 6.07 Å². The second kappa shape index (κ2) is 3.62. The lowest BCUT2D eigenvalue weighted by molar-refractivity contribution is -0.385. The highest BCUT2D eigenvalue weighted by atomic mass is 16.6. The van der Waals surface area contributed by atoms with Gasteiger partial charge in [-0.3, -0.25) is 10.1 Å². The Bertz CT molecular complexity index is 404. The van der Waals surface area contributed by atoms with Crippen LogP contribution in [0.3, 0.4) is 0 Å². The molecule has 0 saturated carbocycles. The number of nitro benzene ring substituents is 1. The van der Waals surface area contributed by atoms with Gasteiger partial charge in [-0.15, -0.1) is 0 Å². The summed E-state index contributed by atoms with van der Waals surface area (Å²) in [4.78, 5) is 10.3. The first kappa shape index (κ1) is 10.1. The van der Waals surface area contributed by atoms with Crippen molar-refractivity contribution in [1.29, 1.82) is 0 Å². The minimum Gasteiger partial charge on any atom is -0.324 e. The molecule has 0 heterocycles. The van der Waals surface area contributed by atoms with Gasteiger partial charge in [0.05, 0.1) is 4.92 Å². The highest BCUT2D eigenvalue weighted by Crippen LogP contribution is 2.33. The van der Waals surface area contributed by atoms with Crippen molar-refractivity contribution in [2.45, 2.75) is 25.8 Å². The summed E-state index contributed by atoms with van der Waals surface area (Å²) in [5.74, 6) is 0.564. The molecule has 0 spiro atoms. The molecule has 2 rings (SSSR count). The van der Waals surface area contributed by atoms with Gasteiger partial charge < -0.3 is 5.73 Å². The van der Waals surface area contributed by atoms with Gasteiger partial charge in [-0.05, 0) is 29.9 Å². The number of nitrogens with zero attached hydrogens (tertiary/aromatic N) is 1. The molecule has 0 fully saturated rings. The molecule has 2 N–H and O–H groups in total. The van der Waals surface area contributed by atoms with Gasteiger partial charge in [-0.2, -0.15) is 0 Å². The van der Waals surface area contributed by atoms with E-state index in [1.165, 1.54) is 0 Å². The van der Waals surface area contributed by atoms with Gasteiger partial charge in [0.2, 0.25) is 0 Å². The van der Waals surface area contributed by atoms with Crippen molar-refractivity contribution in [3.8, 4) is 0 Å². The monoisotopic (exact) mass is 206 g/mol. The highest BCUT2D eigenvalue weighted by molar-refractivity contribution is 5.42. The summed E-state index contributed by atoms with van der Waals surface area (Å²) in [5, 5.41) is 10.6. The minimum absolute atomic E-state index is 0.0522. The number of fused-ring (bicyclic) bond motifs is 1. The minimum atomic E-state index is -0.370. The van der Waals surface area contributed by atoms with E-state index in [2.05, 4.69) is 6.92 Å². The van der Waals surface area contributed by atoms with Crippen LogP contribution in [0.15, 0.2) is 18.2 Å². The van der Waals surface area contributed by atoms with E-state index in [0.717, 1.165) is 24.0 Å². The second-order valence-corrected chi connectivity index (χ2v) is 4.29. The molecule has 0 aromatic heterocycles. The molecule has 80 valence electrons. The summed E-state index contributed by atoms with van der Waals surface area (Å²) in [5.41, 5.74) is 8.23. The van der Waals surface area contributed by atoms with Crippen LogP contribution in [0.25, 0.3) is 0 Å². The number of rotatable bonds is 1. The predicted octanol–water partition coefficient (Wildman–Crippen LogP) is 2.18. The van der Waals surface area contributed by atoms with E-state index in [0.29, 0.717) is 5.92 Å². The molecule has 0 aliphatic heterocycles. The van der Waals surface area contributed by atoms with Crippen molar-refractivity contribution in [2.24, 2.45) is 11.7 Å². The van der Waals surface area contributed by atoms with Crippen molar-refractivity contribution in [3.63, 3.8) is 0 Å². The lowest BCUT2D eigenvalue weighted by atomic mass is 9.82. The van der Waals surface area contributed by atoms with Gasteiger partial charge in [-0.1, -0.05) is 13.0 Å². The van der Waals surface area contributed by atoms with Crippen LogP contribution >= 0.6 is 0 Å². The predicted molar refractivity (Wildman–Crippen MR) is 57.5 cm³/mol. The Morgan fingerprint density at radius 2 is 2.27 bits per heavy atom. The summed E-state index contributed by atoms with van der Waals surface area (Å²) in [6.07, 6.45) is 1.88. The summed E-state index contributed by atoms with van der Waals surface area (Å²) in [7, 11) is 0. The molecule has 0 radical (unpaired) electrons. The Morgan fingerprint density at radius 1 is 1.53 bits per heavy atom. The number of hydrogen-bond acceptors (Lipinski definition) is 3. The molecule has 15 heavy (non-hydrogen) atoms. The molecule has 0 bridgehead atoms. The summed E-state index contributed by atoms with van der Waals surface area (Å²) >= 11 is 0. The fourth-order valence-electron chi connectivity index (χ4n) is 2.25. The number of nitrogens with two attached hydrogens (primary N) is 1. The smallest absolute Gasteiger partial charge is 0.269 e. The van der Waals surface area contributed by atoms with Crippen molar-refractivity contribution in [1.82, 2.24) is 0 Å². The van der Waals surface area contributed by atoms with E-state index < -0.39 is 0 Å². The first-order chi connectivity index (χ1) is 7.08. The van der Waals surface area contributed by atoms with Crippen LogP contribution in [-0.2, 0) is 6.42 Å². The zero-order valence-electron chi connectivity index (χ0n) is 8.64. The standard InChI is InChI=1S/C11H14N2O2/c1-7-4-8-2-3-9(13(14)15)6-10(8)11(12)5-7/h2-3,6-7,11H,4-5,12H2,1H3. The number of nitro groups is 1. The largest absolute Gasteiger partial charge is 0.324 e. The Labute approximate surface area is 88.2 Å². The Hall–Kier alpha value is -1.42. The third kappa shape index (κ3) is 1.85. The molecule has 1 aromatic carbocycles. The molecule has 0 saturated heterocycles. The normalized spacial score (nSPS) is 24.7. The molecule has 1 aromatic rings. The maximum absolute atomic E-state index is 10.6. The topological polar surface area (TPSA) is 69.2 Å². The van der Waals surface area contributed by atoms with E-state index in [-0.39, 0.29) is 16.7 Å². The van der Waals surface area contributed by atoms with Gasteiger partial charge in [0, 0.05) is 18.2 Å². The summed E-state index contributed by atoms with van der Waals surface area (Å²) in [6.45, 7) is 2.16. The van der Waals surface area contributed by atoms with E-state index in [4.69, 9.17) is 5.73 Å². The Kier molecular flexibility index (Phi) is 2.44. The number of benzene rings is 1. The van der Waals surface area contributed by atoms with Gasteiger partial charge in [0.15, 0.2) is 0 Å². The lowest BCUT2D eigenvalue weighted by Gasteiger charge is -2.26. The molecule has 2 unspecified atom stereocenters. The average Bonchev–Trinajstić information content (AvgIpc) is 2.16. The first-order valence-corrected chi connectivity index (χ1v) is 5.10. The van der Waals surface area contributed by atoms with Crippen molar-refractivity contribution < 1.29 is 4.92 Å². The Balaban J connectivity index is 2.43. The Morgan fingerprint density at radius 3 is 2.93 bits per heavy atom. The summed E-state index contributed by atoms with van der Waals surface area (Å²) in [6, 6.07) is 4.96. The molecule has 2 atom stereocenters. The van der Waals surface area contributed by atoms with Gasteiger partial charge in [0.1, 0.15) is 0 Å². The number of hydrogen-bond donors (Lipinski definition) is 1. The van der Waals surface area contributed by atoms with Gasteiger partial charge in [0.25, 0.3) is 5.69 Å². The van der Waals surface area contributed by atoms with Crippen LogP contribution in [0.1, 0.15) is 30.5 Å². The quantitative estimate of drug-likeness (QED) is 0.565. The molecular weight excluding hydrogens is 192 g/mol. The summed E-state index contributed by atoms with van der Waals surface area (Å²) < 4.78 is 0. The molecule has 0 amide bonds. The van der Waals surface area contributed by atoms with Crippen molar-refractivity contribution in [3.05, 3.63) is 39.4 Å². The fraction of sp³-hybridized carbons (Fsp3) is 0.455. The van der Waals surface area contributed by atoms with Crippen LogP contribution in [0, 0.1) is 16.0 Å². The van der Waals surface area contributed by atoms with Crippen LogP contribution in [0.2, 0.25) is 0 Å². The zero-order chi connectivity index (χ0) is 11.0. The first-order valence-electron chi connectivity index (χ1n) is 5.10. The highest BCUT2D eigenvalue weighted by Gasteiger charge is 2.23. The third-order valence-electron chi connectivity index (χ3n) is 2.96. The zero-order valence-corrected chi connectivity index (χ0v) is 8.64. The fourth-order valence-corrected chi connectivity index (χ4v) is 2.25. The van der Waals surface area contributed by atoms with Crippen LogP contribution in [0.4, 0.5) is 5.69 Å². The lowest BCUT2D eigenvalue weighted by Crippen LogP contribution is -2.22. The molecular formula is C11H14N2O2. The van der Waals surface area contributed by atoms with E-state index in [1.54, 1.807) is 12.1 Å². The van der Waals surface area contributed by atoms with Crippen LogP contribution in [-0.4, -0.2) is 4.92 Å². The third-order valence-corrected chi connectivity index (χ3v) is 2.96. The SMILES string of the molecule is CC1Cc2ccc([N+](=O)[O-])cc2C(N)C1. The molecule has 1 aliphatic carbocycles. The van der Waals surface area contributed by atoms with Gasteiger partial charge >= 0.3 is 0 Å². The maximum atomic E-state index is 10.6. The molecule has 4 heteroatoms. The average molecular weight is 206 g/mol. The molecule has 1 aliphatic rings. The number of non-ortho nitro benzene ring substituents is 1. The second-order valence-electron chi connectivity index (χ2n) is 4.29.